The number of benzene rings is 2. The Morgan fingerprint density at radius 1 is 0.971 bits per heavy atom. The number of halogens is 1. The molecular weight excluding hydrogens is 467 g/mol. The molecule has 1 N–H and O–H groups in total. The molecule has 3 rings (SSSR count). The summed E-state index contributed by atoms with van der Waals surface area (Å²) in [4.78, 5) is 36.7. The second kappa shape index (κ2) is 10.7. The highest BCUT2D eigenvalue weighted by molar-refractivity contribution is 7.88. The van der Waals surface area contributed by atoms with Gasteiger partial charge in [0.2, 0.25) is 15.9 Å². The van der Waals surface area contributed by atoms with E-state index in [4.69, 9.17) is 0 Å². The minimum Gasteiger partial charge on any atom is -0.465 e. The van der Waals surface area contributed by atoms with Crippen LogP contribution in [-0.4, -0.2) is 57.9 Å². The van der Waals surface area contributed by atoms with E-state index in [-0.39, 0.29) is 41.6 Å². The van der Waals surface area contributed by atoms with Gasteiger partial charge in [-0.25, -0.2) is 26.7 Å². The number of piperidine rings is 1. The van der Waals surface area contributed by atoms with Crippen molar-refractivity contribution in [1.29, 1.82) is 0 Å². The van der Waals surface area contributed by atoms with Gasteiger partial charge in [-0.15, -0.1) is 0 Å². The number of carbonyl (C=O) groups is 3. The zero-order valence-corrected chi connectivity index (χ0v) is 19.6. The number of hydrogen-bond donors (Lipinski definition) is 1. The maximum absolute atomic E-state index is 13.1. The van der Waals surface area contributed by atoms with Crippen LogP contribution in [0.1, 0.15) is 39.1 Å². The monoisotopic (exact) mass is 492 g/mol. The third-order valence-electron chi connectivity index (χ3n) is 5.52. The van der Waals surface area contributed by atoms with Crippen LogP contribution in [0.3, 0.4) is 0 Å². The van der Waals surface area contributed by atoms with Gasteiger partial charge in [0, 0.05) is 24.7 Å². The predicted molar refractivity (Wildman–Crippen MR) is 121 cm³/mol. The molecule has 0 aromatic heterocycles. The molecule has 2 aromatic carbocycles. The van der Waals surface area contributed by atoms with Crippen molar-refractivity contribution in [3.63, 3.8) is 0 Å². The van der Waals surface area contributed by atoms with Crippen molar-refractivity contribution in [2.75, 3.05) is 32.6 Å². The minimum absolute atomic E-state index is 0.0717. The van der Waals surface area contributed by atoms with Gasteiger partial charge in [0.15, 0.2) is 0 Å². The molecule has 0 unspecified atom stereocenters. The first-order valence-electron chi connectivity index (χ1n) is 10.5. The second-order valence-corrected chi connectivity index (χ2v) is 9.80. The summed E-state index contributed by atoms with van der Waals surface area (Å²) in [7, 11) is -1.22. The zero-order chi connectivity index (χ0) is 24.9. The Hall–Kier alpha value is -3.31. The first kappa shape index (κ1) is 25.3. The number of ether oxygens (including phenoxy) is 2. The normalized spacial score (nSPS) is 14.9. The van der Waals surface area contributed by atoms with Crippen molar-refractivity contribution >= 4 is 33.6 Å². The molecule has 1 saturated heterocycles. The summed E-state index contributed by atoms with van der Waals surface area (Å²) in [5.41, 5.74) is 0.845. The van der Waals surface area contributed by atoms with Crippen LogP contribution in [0.4, 0.5) is 10.1 Å². The van der Waals surface area contributed by atoms with Crippen LogP contribution < -0.4 is 5.32 Å². The fourth-order valence-corrected chi connectivity index (χ4v) is 5.26. The van der Waals surface area contributed by atoms with E-state index >= 15 is 0 Å². The molecule has 0 aliphatic carbocycles. The number of anilines is 1. The van der Waals surface area contributed by atoms with Gasteiger partial charge in [0.1, 0.15) is 5.82 Å². The van der Waals surface area contributed by atoms with Gasteiger partial charge in [0.25, 0.3) is 0 Å². The molecule has 1 heterocycles. The Kier molecular flexibility index (Phi) is 8.00. The second-order valence-electron chi connectivity index (χ2n) is 7.83. The topological polar surface area (TPSA) is 119 Å². The maximum atomic E-state index is 13.1. The summed E-state index contributed by atoms with van der Waals surface area (Å²) in [6, 6.07) is 9.36. The van der Waals surface area contributed by atoms with Gasteiger partial charge in [-0.05, 0) is 48.7 Å². The van der Waals surface area contributed by atoms with E-state index < -0.39 is 33.7 Å². The quantitative estimate of drug-likeness (QED) is 0.590. The van der Waals surface area contributed by atoms with E-state index in [1.165, 1.54) is 61.0 Å². The van der Waals surface area contributed by atoms with Gasteiger partial charge in [-0.3, -0.25) is 4.79 Å². The van der Waals surface area contributed by atoms with Gasteiger partial charge >= 0.3 is 11.9 Å². The molecule has 1 aliphatic rings. The molecule has 182 valence electrons. The summed E-state index contributed by atoms with van der Waals surface area (Å²) in [6.45, 7) is 0.328. The molecule has 0 bridgehead atoms. The van der Waals surface area contributed by atoms with Crippen molar-refractivity contribution in [1.82, 2.24) is 4.31 Å². The maximum Gasteiger partial charge on any atom is 0.337 e. The summed E-state index contributed by atoms with van der Waals surface area (Å²) < 4.78 is 49.2. The molecule has 1 aliphatic heterocycles. The van der Waals surface area contributed by atoms with Crippen LogP contribution in [-0.2, 0) is 30.0 Å². The largest absolute Gasteiger partial charge is 0.465 e. The lowest BCUT2D eigenvalue weighted by Gasteiger charge is -2.30. The number of nitrogens with one attached hydrogen (secondary N) is 1. The van der Waals surface area contributed by atoms with Gasteiger partial charge < -0.3 is 14.8 Å². The van der Waals surface area contributed by atoms with Crippen LogP contribution in [0.2, 0.25) is 0 Å². The fourth-order valence-electron chi connectivity index (χ4n) is 3.69. The molecule has 0 atom stereocenters. The minimum atomic E-state index is -3.62. The highest BCUT2D eigenvalue weighted by atomic mass is 32.2. The fraction of sp³-hybridized carbons (Fsp3) is 0.348. The molecule has 0 radical (unpaired) electrons. The van der Waals surface area contributed by atoms with Gasteiger partial charge in [-0.2, -0.15) is 0 Å². The summed E-state index contributed by atoms with van der Waals surface area (Å²) >= 11 is 0. The number of methoxy groups -OCH3 is 2. The zero-order valence-electron chi connectivity index (χ0n) is 18.7. The average molecular weight is 493 g/mol. The highest BCUT2D eigenvalue weighted by Crippen LogP contribution is 2.24. The van der Waals surface area contributed by atoms with E-state index in [1.54, 1.807) is 0 Å². The number of nitrogens with zero attached hydrogens (tertiary/aromatic N) is 1. The van der Waals surface area contributed by atoms with Gasteiger partial charge in [-0.1, -0.05) is 12.1 Å². The number of amides is 1. The molecule has 9 nitrogen and oxygen atoms in total. The van der Waals surface area contributed by atoms with Crippen molar-refractivity contribution < 1.29 is 36.7 Å². The standard InChI is InChI=1S/C23H25FN2O7S/c1-32-22(28)17-11-18(23(29)33-2)13-20(12-17)25-21(27)16-7-9-26(10-8-16)34(30,31)14-15-3-5-19(24)6-4-15/h3-6,11-13,16H,7-10,14H2,1-2H3,(H,25,27). The number of rotatable bonds is 7. The van der Waals surface area contributed by atoms with Crippen LogP contribution in [0.5, 0.6) is 0 Å². The lowest BCUT2D eigenvalue weighted by atomic mass is 9.97. The van der Waals surface area contributed by atoms with Crippen molar-refractivity contribution in [3.05, 3.63) is 65.0 Å². The SMILES string of the molecule is COC(=O)c1cc(NC(=O)C2CCN(S(=O)(=O)Cc3ccc(F)cc3)CC2)cc(C(=O)OC)c1. The first-order valence-corrected chi connectivity index (χ1v) is 12.1. The van der Waals surface area contributed by atoms with Crippen LogP contribution in [0.15, 0.2) is 42.5 Å². The Morgan fingerprint density at radius 3 is 2.00 bits per heavy atom. The molecule has 1 amide bonds. The molecule has 34 heavy (non-hydrogen) atoms. The van der Waals surface area contributed by atoms with Crippen molar-refractivity contribution in [3.8, 4) is 0 Å². The van der Waals surface area contributed by atoms with Gasteiger partial charge in [0.05, 0.1) is 31.1 Å². The molecule has 0 saturated carbocycles. The molecule has 0 spiro atoms. The van der Waals surface area contributed by atoms with Crippen molar-refractivity contribution in [2.45, 2.75) is 18.6 Å². The first-order chi connectivity index (χ1) is 16.1. The van der Waals surface area contributed by atoms with E-state index in [0.717, 1.165) is 0 Å². The lowest BCUT2D eigenvalue weighted by Crippen LogP contribution is -2.41. The number of hydrogen-bond acceptors (Lipinski definition) is 7. The third kappa shape index (κ3) is 6.17. The highest BCUT2D eigenvalue weighted by Gasteiger charge is 2.31. The Morgan fingerprint density at radius 2 is 1.50 bits per heavy atom. The molecule has 2 aromatic rings. The van der Waals surface area contributed by atoms with E-state index in [9.17, 15) is 27.2 Å². The summed E-state index contributed by atoms with van der Waals surface area (Å²) in [5.74, 6) is -2.86. The van der Waals surface area contributed by atoms with E-state index in [0.29, 0.717) is 18.4 Å². The van der Waals surface area contributed by atoms with Crippen LogP contribution in [0, 0.1) is 11.7 Å². The Bertz CT molecular complexity index is 1140. The van der Waals surface area contributed by atoms with Crippen LogP contribution >= 0.6 is 0 Å². The van der Waals surface area contributed by atoms with E-state index in [2.05, 4.69) is 14.8 Å². The number of carbonyl (C=O) groups excluding carboxylic acids is 3. The lowest BCUT2D eigenvalue weighted by molar-refractivity contribution is -0.120. The number of esters is 2. The predicted octanol–water partition coefficient (Wildman–Crippen LogP) is 2.58. The molecular formula is C23H25FN2O7S. The average Bonchev–Trinajstić information content (AvgIpc) is 2.84. The summed E-state index contributed by atoms with van der Waals surface area (Å²) in [6.07, 6.45) is 0.601. The van der Waals surface area contributed by atoms with Crippen LogP contribution in [0.25, 0.3) is 0 Å². The smallest absolute Gasteiger partial charge is 0.337 e. The number of sulfonamides is 1. The summed E-state index contributed by atoms with van der Waals surface area (Å²) in [5, 5.41) is 2.69. The Balaban J connectivity index is 1.65. The molecule has 11 heteroatoms. The molecule has 1 fully saturated rings. The third-order valence-corrected chi connectivity index (χ3v) is 7.37. The Labute approximate surface area is 196 Å². The van der Waals surface area contributed by atoms with E-state index in [1.807, 2.05) is 0 Å². The van der Waals surface area contributed by atoms with Crippen molar-refractivity contribution in [2.24, 2.45) is 5.92 Å².